The largest absolute Gasteiger partial charge is 0.494 e. The van der Waals surface area contributed by atoms with Crippen molar-refractivity contribution in [2.24, 2.45) is 5.41 Å². The van der Waals surface area contributed by atoms with E-state index in [4.69, 9.17) is 4.74 Å². The Morgan fingerprint density at radius 2 is 2.07 bits per heavy atom. The van der Waals surface area contributed by atoms with E-state index in [1.165, 1.54) is 11.1 Å². The van der Waals surface area contributed by atoms with Crippen LogP contribution in [0.1, 0.15) is 56.2 Å². The lowest BCUT2D eigenvalue weighted by atomic mass is 9.77. The molecule has 0 unspecified atom stereocenters. The summed E-state index contributed by atoms with van der Waals surface area (Å²) in [6.07, 6.45) is 8.23. The van der Waals surface area contributed by atoms with E-state index < -0.39 is 0 Å². The summed E-state index contributed by atoms with van der Waals surface area (Å²) >= 11 is 0. The van der Waals surface area contributed by atoms with Gasteiger partial charge in [0, 0.05) is 13.1 Å². The molecule has 1 N–H and O–H groups in total. The van der Waals surface area contributed by atoms with Crippen molar-refractivity contribution in [2.45, 2.75) is 58.0 Å². The quantitative estimate of drug-likeness (QED) is 0.503. The van der Waals surface area contributed by atoms with Crippen LogP contribution < -0.4 is 10.1 Å². The Kier molecular flexibility index (Phi) is 6.61. The normalized spacial score (nSPS) is 23.4. The number of amides is 1. The van der Waals surface area contributed by atoms with Crippen LogP contribution in [0.5, 0.6) is 5.75 Å². The van der Waals surface area contributed by atoms with E-state index in [1.807, 2.05) is 12.2 Å². The molecule has 4 heteroatoms. The first-order valence-corrected chi connectivity index (χ1v) is 10.6. The van der Waals surface area contributed by atoms with E-state index in [1.54, 1.807) is 0 Å². The maximum atomic E-state index is 13.3. The number of nitrogens with zero attached hydrogens (tertiary/aromatic N) is 1. The van der Waals surface area contributed by atoms with Gasteiger partial charge in [-0.15, -0.1) is 13.2 Å². The summed E-state index contributed by atoms with van der Waals surface area (Å²) in [4.78, 5) is 15.4. The van der Waals surface area contributed by atoms with Gasteiger partial charge in [0.15, 0.2) is 0 Å². The number of hydrogen-bond donors (Lipinski definition) is 1. The number of benzene rings is 1. The topological polar surface area (TPSA) is 41.6 Å². The molecule has 0 saturated carbocycles. The van der Waals surface area contributed by atoms with Crippen LogP contribution in [0.3, 0.4) is 0 Å². The summed E-state index contributed by atoms with van der Waals surface area (Å²) in [5.41, 5.74) is 2.10. The van der Waals surface area contributed by atoms with Crippen molar-refractivity contribution in [1.82, 2.24) is 10.2 Å². The number of allylic oxidation sites excluding steroid dienone is 2. The Morgan fingerprint density at radius 1 is 1.32 bits per heavy atom. The van der Waals surface area contributed by atoms with E-state index >= 15 is 0 Å². The molecule has 0 aromatic heterocycles. The number of rotatable bonds is 9. The number of nitrogens with one attached hydrogen (secondary N) is 1. The van der Waals surface area contributed by atoms with E-state index in [0.717, 1.165) is 44.7 Å². The summed E-state index contributed by atoms with van der Waals surface area (Å²) in [5, 5.41) is 3.68. The van der Waals surface area contributed by atoms with Crippen molar-refractivity contribution < 1.29 is 9.53 Å². The first-order valence-electron chi connectivity index (χ1n) is 10.6. The van der Waals surface area contributed by atoms with Crippen molar-refractivity contribution in [3.8, 4) is 5.75 Å². The number of ether oxygens (including phenoxy) is 1. The van der Waals surface area contributed by atoms with Gasteiger partial charge in [0.05, 0.1) is 24.1 Å². The SMILES string of the molecule is C=CCC1(CC=C)C[C@H]2[C@H](c3ccc(OCCCC)cc3C)NCCN2C1=O. The summed E-state index contributed by atoms with van der Waals surface area (Å²) in [6.45, 7) is 14.5. The Labute approximate surface area is 169 Å². The molecule has 0 bridgehead atoms. The lowest BCUT2D eigenvalue weighted by molar-refractivity contribution is -0.137. The monoisotopic (exact) mass is 382 g/mol. The van der Waals surface area contributed by atoms with Gasteiger partial charge in [-0.25, -0.2) is 0 Å². The Balaban J connectivity index is 1.84. The lowest BCUT2D eigenvalue weighted by Gasteiger charge is -2.38. The molecule has 2 fully saturated rings. The molecule has 1 aromatic carbocycles. The summed E-state index contributed by atoms with van der Waals surface area (Å²) in [6, 6.07) is 6.69. The van der Waals surface area contributed by atoms with Crippen LogP contribution >= 0.6 is 0 Å². The first kappa shape index (κ1) is 20.7. The molecule has 2 aliphatic heterocycles. The molecule has 1 aromatic rings. The molecule has 2 aliphatic rings. The van der Waals surface area contributed by atoms with E-state index in [-0.39, 0.29) is 23.4 Å². The molecule has 2 saturated heterocycles. The predicted octanol–water partition coefficient (Wildman–Crippen LogP) is 4.56. The van der Waals surface area contributed by atoms with Crippen LogP contribution in [0.25, 0.3) is 0 Å². The van der Waals surface area contributed by atoms with Gasteiger partial charge in [-0.2, -0.15) is 0 Å². The minimum absolute atomic E-state index is 0.152. The highest BCUT2D eigenvalue weighted by molar-refractivity contribution is 5.86. The molecule has 2 atom stereocenters. The molecule has 2 heterocycles. The van der Waals surface area contributed by atoms with Crippen LogP contribution in [0.4, 0.5) is 0 Å². The summed E-state index contributed by atoms with van der Waals surface area (Å²) in [7, 11) is 0. The minimum Gasteiger partial charge on any atom is -0.494 e. The molecule has 0 spiro atoms. The zero-order valence-electron chi connectivity index (χ0n) is 17.4. The first-order chi connectivity index (χ1) is 13.6. The zero-order chi connectivity index (χ0) is 20.1. The van der Waals surface area contributed by atoms with E-state index in [0.29, 0.717) is 12.8 Å². The number of fused-ring (bicyclic) bond motifs is 1. The van der Waals surface area contributed by atoms with Gasteiger partial charge < -0.3 is 15.0 Å². The molecule has 28 heavy (non-hydrogen) atoms. The van der Waals surface area contributed by atoms with Crippen molar-refractivity contribution >= 4 is 5.91 Å². The van der Waals surface area contributed by atoms with Crippen molar-refractivity contribution in [3.63, 3.8) is 0 Å². The molecule has 1 amide bonds. The van der Waals surface area contributed by atoms with Crippen molar-refractivity contribution in [2.75, 3.05) is 19.7 Å². The molecule has 3 rings (SSSR count). The fourth-order valence-electron chi connectivity index (χ4n) is 4.81. The van der Waals surface area contributed by atoms with Crippen LogP contribution in [-0.4, -0.2) is 36.5 Å². The highest BCUT2D eigenvalue weighted by Crippen LogP contribution is 2.47. The van der Waals surface area contributed by atoms with Gasteiger partial charge in [-0.05, 0) is 55.9 Å². The number of aryl methyl sites for hydroxylation is 1. The van der Waals surface area contributed by atoms with Gasteiger partial charge in [0.25, 0.3) is 0 Å². The fraction of sp³-hybridized carbons (Fsp3) is 0.542. The summed E-state index contributed by atoms with van der Waals surface area (Å²) in [5.74, 6) is 1.19. The molecular formula is C24H34N2O2. The number of hydrogen-bond acceptors (Lipinski definition) is 3. The third-order valence-electron chi connectivity index (χ3n) is 6.23. The van der Waals surface area contributed by atoms with Crippen molar-refractivity contribution in [1.29, 1.82) is 0 Å². The third kappa shape index (κ3) is 3.88. The number of unbranched alkanes of at least 4 members (excludes halogenated alkanes) is 1. The van der Waals surface area contributed by atoms with Crippen LogP contribution in [-0.2, 0) is 4.79 Å². The second-order valence-electron chi connectivity index (χ2n) is 8.19. The lowest BCUT2D eigenvalue weighted by Crippen LogP contribution is -2.51. The van der Waals surface area contributed by atoms with Crippen LogP contribution in [0.15, 0.2) is 43.5 Å². The second-order valence-corrected chi connectivity index (χ2v) is 8.19. The molecule has 0 radical (unpaired) electrons. The average molecular weight is 383 g/mol. The number of carbonyl (C=O) groups excluding carboxylic acids is 1. The molecule has 0 aliphatic carbocycles. The maximum absolute atomic E-state index is 13.3. The second kappa shape index (κ2) is 8.95. The van der Waals surface area contributed by atoms with Gasteiger partial charge in [-0.3, -0.25) is 4.79 Å². The highest BCUT2D eigenvalue weighted by atomic mass is 16.5. The van der Waals surface area contributed by atoms with Crippen LogP contribution in [0, 0.1) is 12.3 Å². The van der Waals surface area contributed by atoms with E-state index in [9.17, 15) is 4.79 Å². The van der Waals surface area contributed by atoms with Gasteiger partial charge in [-0.1, -0.05) is 31.6 Å². The van der Waals surface area contributed by atoms with Gasteiger partial charge in [0.2, 0.25) is 5.91 Å². The standard InChI is InChI=1S/C24H34N2O2/c1-5-8-15-28-19-9-10-20(18(4)16-19)22-21-17-24(11-6-2,12-7-3)23(27)26(21)14-13-25-22/h6-7,9-10,16,21-22,25H,2-3,5,8,11-15,17H2,1,4H3/t21-,22-/m0/s1. The van der Waals surface area contributed by atoms with E-state index in [2.05, 4.69) is 55.4 Å². The predicted molar refractivity (Wildman–Crippen MR) is 115 cm³/mol. The summed E-state index contributed by atoms with van der Waals surface area (Å²) < 4.78 is 5.86. The van der Waals surface area contributed by atoms with Crippen molar-refractivity contribution in [3.05, 3.63) is 54.6 Å². The number of piperazine rings is 1. The van der Waals surface area contributed by atoms with Gasteiger partial charge in [0.1, 0.15) is 5.75 Å². The molecule has 4 nitrogen and oxygen atoms in total. The average Bonchev–Trinajstić information content (AvgIpc) is 2.95. The smallest absolute Gasteiger partial charge is 0.229 e. The minimum atomic E-state index is -0.379. The zero-order valence-corrected chi connectivity index (χ0v) is 17.4. The Hall–Kier alpha value is -2.07. The maximum Gasteiger partial charge on any atom is 0.229 e. The Morgan fingerprint density at radius 3 is 2.71 bits per heavy atom. The van der Waals surface area contributed by atoms with Gasteiger partial charge >= 0.3 is 0 Å². The van der Waals surface area contributed by atoms with Crippen LogP contribution in [0.2, 0.25) is 0 Å². The molecule has 152 valence electrons. The Bertz CT molecular complexity index is 717. The number of carbonyl (C=O) groups is 1. The third-order valence-corrected chi connectivity index (χ3v) is 6.23. The fourth-order valence-corrected chi connectivity index (χ4v) is 4.81. The highest BCUT2D eigenvalue weighted by Gasteiger charge is 2.53. The molecular weight excluding hydrogens is 348 g/mol.